The molecular formula is C22H32O5. The molecule has 0 aromatic heterocycles. The quantitative estimate of drug-likeness (QED) is 0.135. The highest BCUT2D eigenvalue weighted by Gasteiger charge is 2.06. The smallest absolute Gasteiger partial charge is 0.373 e. The van der Waals surface area contributed by atoms with Crippen LogP contribution in [-0.4, -0.2) is 25.2 Å². The summed E-state index contributed by atoms with van der Waals surface area (Å²) in [6, 6.07) is 8.81. The van der Waals surface area contributed by atoms with E-state index in [0.29, 0.717) is 24.4 Å². The van der Waals surface area contributed by atoms with Gasteiger partial charge in [0.2, 0.25) is 0 Å². The molecule has 0 N–H and O–H groups in total. The molecule has 0 bridgehead atoms. The zero-order valence-electron chi connectivity index (χ0n) is 16.4. The third kappa shape index (κ3) is 12.0. The molecule has 0 fully saturated rings. The molecule has 0 saturated carbocycles. The maximum absolute atomic E-state index is 11.6. The number of carbonyl (C=O) groups excluding carboxylic acids is 2. The van der Waals surface area contributed by atoms with Crippen LogP contribution >= 0.6 is 0 Å². The molecule has 0 aliphatic heterocycles. The molecule has 0 heterocycles. The SMILES string of the molecule is C=C(C)C(=O)OCCCCCCCCCCCOOC(=O)c1ccccc1. The van der Waals surface area contributed by atoms with Crippen LogP contribution in [0.5, 0.6) is 0 Å². The summed E-state index contributed by atoms with van der Waals surface area (Å²) in [5.41, 5.74) is 0.946. The highest BCUT2D eigenvalue weighted by atomic mass is 17.2. The van der Waals surface area contributed by atoms with E-state index in [4.69, 9.17) is 14.5 Å². The first-order valence-corrected chi connectivity index (χ1v) is 9.82. The Labute approximate surface area is 162 Å². The van der Waals surface area contributed by atoms with E-state index in [2.05, 4.69) is 6.58 Å². The van der Waals surface area contributed by atoms with Crippen LogP contribution in [0.1, 0.15) is 75.1 Å². The number of ether oxygens (including phenoxy) is 1. The first kappa shape index (κ1) is 22.9. The standard InChI is InChI=1S/C22H32O5/c1-19(2)21(23)25-17-13-8-6-4-3-5-7-9-14-18-26-27-22(24)20-15-11-10-12-16-20/h10-12,15-16H,1,3-9,13-14,17-18H2,2H3. The molecular weight excluding hydrogens is 344 g/mol. The van der Waals surface area contributed by atoms with E-state index in [9.17, 15) is 9.59 Å². The highest BCUT2D eigenvalue weighted by molar-refractivity contribution is 5.88. The van der Waals surface area contributed by atoms with E-state index in [1.165, 1.54) is 25.7 Å². The second-order valence-electron chi connectivity index (χ2n) is 6.66. The van der Waals surface area contributed by atoms with Gasteiger partial charge in [-0.1, -0.05) is 69.7 Å². The van der Waals surface area contributed by atoms with Crippen LogP contribution in [0.15, 0.2) is 42.5 Å². The molecule has 5 nitrogen and oxygen atoms in total. The Morgan fingerprint density at radius 1 is 0.815 bits per heavy atom. The van der Waals surface area contributed by atoms with Crippen molar-refractivity contribution in [1.29, 1.82) is 0 Å². The Kier molecular flexibility index (Phi) is 12.7. The van der Waals surface area contributed by atoms with Crippen molar-refractivity contribution < 1.29 is 24.1 Å². The first-order valence-electron chi connectivity index (χ1n) is 9.82. The fourth-order valence-electron chi connectivity index (χ4n) is 2.51. The van der Waals surface area contributed by atoms with Crippen LogP contribution < -0.4 is 0 Å². The summed E-state index contributed by atoms with van der Waals surface area (Å²) < 4.78 is 5.05. The molecule has 0 aliphatic carbocycles. The van der Waals surface area contributed by atoms with E-state index in [0.717, 1.165) is 32.1 Å². The lowest BCUT2D eigenvalue weighted by atomic mass is 10.1. The third-order valence-electron chi connectivity index (χ3n) is 4.10. The van der Waals surface area contributed by atoms with E-state index < -0.39 is 5.97 Å². The maximum Gasteiger partial charge on any atom is 0.373 e. The second-order valence-corrected chi connectivity index (χ2v) is 6.66. The summed E-state index contributed by atoms with van der Waals surface area (Å²) in [4.78, 5) is 32.6. The van der Waals surface area contributed by atoms with Crippen molar-refractivity contribution in [2.45, 2.75) is 64.7 Å². The Morgan fingerprint density at radius 3 is 1.89 bits per heavy atom. The Bertz CT molecular complexity index is 553. The van der Waals surface area contributed by atoms with Crippen LogP contribution in [0.25, 0.3) is 0 Å². The molecule has 1 rings (SSSR count). The third-order valence-corrected chi connectivity index (χ3v) is 4.10. The van der Waals surface area contributed by atoms with Gasteiger partial charge in [0.1, 0.15) is 0 Å². The lowest BCUT2D eigenvalue weighted by Crippen LogP contribution is -2.06. The zero-order valence-corrected chi connectivity index (χ0v) is 16.4. The summed E-state index contributed by atoms with van der Waals surface area (Å²) in [7, 11) is 0. The van der Waals surface area contributed by atoms with Gasteiger partial charge in [0.05, 0.1) is 18.8 Å². The number of carbonyl (C=O) groups is 2. The van der Waals surface area contributed by atoms with Gasteiger partial charge >= 0.3 is 11.9 Å². The van der Waals surface area contributed by atoms with Gasteiger partial charge in [0.25, 0.3) is 0 Å². The summed E-state index contributed by atoms with van der Waals surface area (Å²) in [5.74, 6) is -0.751. The average molecular weight is 376 g/mol. The monoisotopic (exact) mass is 376 g/mol. The molecule has 27 heavy (non-hydrogen) atoms. The van der Waals surface area contributed by atoms with Crippen molar-refractivity contribution in [2.24, 2.45) is 0 Å². The molecule has 0 saturated heterocycles. The Morgan fingerprint density at radius 2 is 1.33 bits per heavy atom. The second kappa shape index (κ2) is 15.0. The summed E-state index contributed by atoms with van der Waals surface area (Å²) in [5, 5.41) is 0. The van der Waals surface area contributed by atoms with E-state index in [1.807, 2.05) is 6.07 Å². The Hall–Kier alpha value is -2.14. The van der Waals surface area contributed by atoms with Gasteiger partial charge in [-0.3, -0.25) is 4.89 Å². The highest BCUT2D eigenvalue weighted by Crippen LogP contribution is 2.10. The molecule has 0 unspecified atom stereocenters. The molecule has 1 aromatic rings. The maximum atomic E-state index is 11.6. The molecule has 0 spiro atoms. The predicted molar refractivity (Wildman–Crippen MR) is 105 cm³/mol. The molecule has 5 heteroatoms. The van der Waals surface area contributed by atoms with Gasteiger partial charge in [-0.15, -0.1) is 0 Å². The topological polar surface area (TPSA) is 61.8 Å². The van der Waals surface area contributed by atoms with Crippen molar-refractivity contribution >= 4 is 11.9 Å². The van der Waals surface area contributed by atoms with Crippen LogP contribution in [0.2, 0.25) is 0 Å². The van der Waals surface area contributed by atoms with Gasteiger partial charge in [-0.2, -0.15) is 4.89 Å². The lowest BCUT2D eigenvalue weighted by Gasteiger charge is -2.05. The summed E-state index contributed by atoms with van der Waals surface area (Å²) >= 11 is 0. The molecule has 150 valence electrons. The van der Waals surface area contributed by atoms with Gasteiger partial charge in [-0.25, -0.2) is 9.59 Å². The molecule has 0 atom stereocenters. The number of unbranched alkanes of at least 4 members (excludes halogenated alkanes) is 8. The zero-order chi connectivity index (χ0) is 19.7. The lowest BCUT2D eigenvalue weighted by molar-refractivity contribution is -0.241. The van der Waals surface area contributed by atoms with Crippen molar-refractivity contribution in [3.8, 4) is 0 Å². The normalized spacial score (nSPS) is 10.4. The fraction of sp³-hybridized carbons (Fsp3) is 0.545. The minimum Gasteiger partial charge on any atom is -0.462 e. The molecule has 0 radical (unpaired) electrons. The van der Waals surface area contributed by atoms with Crippen LogP contribution in [0.4, 0.5) is 0 Å². The van der Waals surface area contributed by atoms with E-state index in [-0.39, 0.29) is 5.97 Å². The number of hydrogen-bond donors (Lipinski definition) is 0. The van der Waals surface area contributed by atoms with Crippen molar-refractivity contribution in [1.82, 2.24) is 0 Å². The minimum atomic E-state index is -0.454. The van der Waals surface area contributed by atoms with Crippen molar-refractivity contribution in [2.75, 3.05) is 13.2 Å². The van der Waals surface area contributed by atoms with Crippen molar-refractivity contribution in [3.63, 3.8) is 0 Å². The van der Waals surface area contributed by atoms with Crippen LogP contribution in [0, 0.1) is 0 Å². The van der Waals surface area contributed by atoms with Gasteiger partial charge in [0, 0.05) is 5.57 Å². The van der Waals surface area contributed by atoms with Gasteiger partial charge in [0.15, 0.2) is 0 Å². The average Bonchev–Trinajstić information content (AvgIpc) is 2.68. The summed E-state index contributed by atoms with van der Waals surface area (Å²) in [6.45, 7) is 6.13. The number of benzene rings is 1. The van der Waals surface area contributed by atoms with Crippen LogP contribution in [0.3, 0.4) is 0 Å². The van der Waals surface area contributed by atoms with Gasteiger partial charge < -0.3 is 4.74 Å². The molecule has 0 amide bonds. The number of esters is 1. The van der Waals surface area contributed by atoms with Crippen molar-refractivity contribution in [3.05, 3.63) is 48.0 Å². The fourth-order valence-corrected chi connectivity index (χ4v) is 2.51. The molecule has 0 aliphatic rings. The largest absolute Gasteiger partial charge is 0.462 e. The predicted octanol–water partition coefficient (Wildman–Crippen LogP) is 5.41. The molecule has 1 aromatic carbocycles. The van der Waals surface area contributed by atoms with E-state index >= 15 is 0 Å². The van der Waals surface area contributed by atoms with Gasteiger partial charge in [-0.05, 0) is 31.9 Å². The number of hydrogen-bond acceptors (Lipinski definition) is 5. The number of rotatable bonds is 15. The summed E-state index contributed by atoms with van der Waals surface area (Å²) in [6.07, 6.45) is 9.91. The Balaban J connectivity index is 1.81. The minimum absolute atomic E-state index is 0.297. The van der Waals surface area contributed by atoms with E-state index in [1.54, 1.807) is 31.2 Å². The first-order chi connectivity index (χ1) is 13.1. The van der Waals surface area contributed by atoms with Crippen LogP contribution in [-0.2, 0) is 19.3 Å².